The van der Waals surface area contributed by atoms with Gasteiger partial charge in [0, 0.05) is 45.5 Å². The summed E-state index contributed by atoms with van der Waals surface area (Å²) in [4.78, 5) is 46.8. The molecule has 8 rings (SSSR count). The van der Waals surface area contributed by atoms with Crippen LogP contribution in [0.3, 0.4) is 0 Å². The minimum atomic E-state index is -1.45. The molecule has 3 amide bonds. The molecule has 4 atom stereocenters. The summed E-state index contributed by atoms with van der Waals surface area (Å²) >= 11 is 6.39. The van der Waals surface area contributed by atoms with E-state index in [0.29, 0.717) is 53.1 Å². The smallest absolute Gasteiger partial charge is 0.250 e. The van der Waals surface area contributed by atoms with Gasteiger partial charge in [0.1, 0.15) is 18.8 Å². The molecule has 5 heterocycles. The van der Waals surface area contributed by atoms with Crippen molar-refractivity contribution in [2.45, 2.75) is 18.0 Å². The van der Waals surface area contributed by atoms with Crippen molar-refractivity contribution in [2.75, 3.05) is 23.4 Å². The first-order chi connectivity index (χ1) is 19.5. The average Bonchev–Trinajstić information content (AvgIpc) is 3.67. The van der Waals surface area contributed by atoms with Crippen LogP contribution in [0.25, 0.3) is 10.9 Å². The van der Waals surface area contributed by atoms with Gasteiger partial charge in [0.25, 0.3) is 0 Å². The number of para-hydroxylation sites is 1. The number of ether oxygens (including phenoxy) is 2. The Hall–Kier alpha value is -4.34. The summed E-state index contributed by atoms with van der Waals surface area (Å²) in [6.07, 6.45) is 2.36. The number of H-pyrrole nitrogens is 1. The number of aromatic amines is 1. The predicted molar refractivity (Wildman–Crippen MR) is 148 cm³/mol. The van der Waals surface area contributed by atoms with Gasteiger partial charge in [-0.2, -0.15) is 0 Å². The molecular weight excluding hydrogens is 532 g/mol. The second-order valence-corrected chi connectivity index (χ2v) is 11.0. The number of hydrogen-bond donors (Lipinski definition) is 3. The summed E-state index contributed by atoms with van der Waals surface area (Å²) in [6.45, 7) is 0.805. The molecule has 0 unspecified atom stereocenters. The largest absolute Gasteiger partial charge is 0.486 e. The molecule has 1 aromatic heterocycles. The summed E-state index contributed by atoms with van der Waals surface area (Å²) in [5.41, 5.74) is 2.06. The molecule has 10 heteroatoms. The molecule has 4 aromatic rings. The normalized spacial score (nSPS) is 26.5. The number of anilines is 2. The molecule has 3 aromatic carbocycles. The number of benzene rings is 3. The first kappa shape index (κ1) is 23.5. The molecule has 0 bridgehead atoms. The van der Waals surface area contributed by atoms with Gasteiger partial charge < -0.3 is 19.8 Å². The molecule has 200 valence electrons. The lowest BCUT2D eigenvalue weighted by Crippen LogP contribution is -2.53. The van der Waals surface area contributed by atoms with E-state index in [1.165, 1.54) is 4.90 Å². The molecule has 2 saturated heterocycles. The van der Waals surface area contributed by atoms with E-state index in [2.05, 4.69) is 15.6 Å². The summed E-state index contributed by atoms with van der Waals surface area (Å²) in [5, 5.41) is 7.88. The maximum absolute atomic E-state index is 14.3. The van der Waals surface area contributed by atoms with Crippen LogP contribution in [0.15, 0.2) is 66.9 Å². The molecule has 9 nitrogen and oxygen atoms in total. The Balaban J connectivity index is 1.27. The van der Waals surface area contributed by atoms with Gasteiger partial charge in [0.2, 0.25) is 17.7 Å². The SMILES string of the molecule is O=C1[C@@H]2[C@@H](C(=O)N1c1ccc3c(c1)OCCO3)[C@]1(N[C@@H]2Cc2c[nH]c3ccccc23)C(=O)Nc2ccc(Cl)cc21. The number of imide groups is 1. The molecule has 1 spiro atoms. The van der Waals surface area contributed by atoms with Crippen molar-refractivity contribution < 1.29 is 23.9 Å². The molecule has 0 saturated carbocycles. The van der Waals surface area contributed by atoms with Gasteiger partial charge in [0.15, 0.2) is 11.5 Å². The minimum absolute atomic E-state index is 0.357. The van der Waals surface area contributed by atoms with Crippen LogP contribution in [0.4, 0.5) is 11.4 Å². The quantitative estimate of drug-likeness (QED) is 0.332. The Labute approximate surface area is 233 Å². The van der Waals surface area contributed by atoms with Gasteiger partial charge in [-0.05, 0) is 48.4 Å². The lowest BCUT2D eigenvalue weighted by molar-refractivity contribution is -0.130. The first-order valence-corrected chi connectivity index (χ1v) is 13.5. The molecule has 40 heavy (non-hydrogen) atoms. The van der Waals surface area contributed by atoms with E-state index in [1.54, 1.807) is 36.4 Å². The van der Waals surface area contributed by atoms with E-state index >= 15 is 0 Å². The van der Waals surface area contributed by atoms with Crippen molar-refractivity contribution in [1.82, 2.24) is 10.3 Å². The van der Waals surface area contributed by atoms with Crippen molar-refractivity contribution in [3.8, 4) is 11.5 Å². The third-order valence-electron chi connectivity index (χ3n) is 8.58. The molecule has 0 aliphatic carbocycles. The Morgan fingerprint density at radius 1 is 0.950 bits per heavy atom. The number of nitrogens with one attached hydrogen (secondary N) is 3. The maximum atomic E-state index is 14.3. The number of fused-ring (bicyclic) bond motifs is 6. The zero-order valence-electron chi connectivity index (χ0n) is 21.1. The standard InChI is InChI=1S/C30H23ClN4O5/c31-16-5-7-21-19(12-16)30(29(38)33-21)26-25(22(34-30)11-15-14-32-20-4-2-1-3-18(15)20)27(36)35(28(26)37)17-6-8-23-24(13-17)40-10-9-39-23/h1-8,12-14,22,25-26,32,34H,9-11H2,(H,33,38)/t22-,25+,26+,30+/m1/s1. The third-order valence-corrected chi connectivity index (χ3v) is 8.81. The van der Waals surface area contributed by atoms with Crippen LogP contribution >= 0.6 is 11.6 Å². The maximum Gasteiger partial charge on any atom is 0.250 e. The van der Waals surface area contributed by atoms with Crippen LogP contribution in [-0.2, 0) is 26.3 Å². The fraction of sp³-hybridized carbons (Fsp3) is 0.233. The Kier molecular flexibility index (Phi) is 4.90. The molecule has 4 aliphatic heterocycles. The summed E-state index contributed by atoms with van der Waals surface area (Å²) in [7, 11) is 0. The molecule has 2 fully saturated rings. The Morgan fingerprint density at radius 3 is 2.65 bits per heavy atom. The van der Waals surface area contributed by atoms with Crippen molar-refractivity contribution in [2.24, 2.45) is 11.8 Å². The highest BCUT2D eigenvalue weighted by atomic mass is 35.5. The number of rotatable bonds is 3. The van der Waals surface area contributed by atoms with Gasteiger partial charge in [-0.3, -0.25) is 19.7 Å². The van der Waals surface area contributed by atoms with E-state index in [1.807, 2.05) is 30.5 Å². The Morgan fingerprint density at radius 2 is 1.77 bits per heavy atom. The lowest BCUT2D eigenvalue weighted by atomic mass is 9.76. The van der Waals surface area contributed by atoms with E-state index < -0.39 is 29.3 Å². The van der Waals surface area contributed by atoms with Gasteiger partial charge in [-0.15, -0.1) is 0 Å². The van der Waals surface area contributed by atoms with E-state index in [9.17, 15) is 14.4 Å². The molecular formula is C30H23ClN4O5. The monoisotopic (exact) mass is 554 g/mol. The van der Waals surface area contributed by atoms with Crippen molar-refractivity contribution >= 4 is 51.6 Å². The third kappa shape index (κ3) is 3.10. The van der Waals surface area contributed by atoms with E-state index in [4.69, 9.17) is 21.1 Å². The predicted octanol–water partition coefficient (Wildman–Crippen LogP) is 3.76. The number of carbonyl (C=O) groups is 3. The Bertz CT molecular complexity index is 1770. The highest BCUT2D eigenvalue weighted by molar-refractivity contribution is 6.31. The van der Waals surface area contributed by atoms with E-state index in [0.717, 1.165) is 16.5 Å². The topological polar surface area (TPSA) is 113 Å². The van der Waals surface area contributed by atoms with Crippen molar-refractivity contribution in [1.29, 1.82) is 0 Å². The van der Waals surface area contributed by atoms with E-state index in [-0.39, 0.29) is 11.8 Å². The highest BCUT2D eigenvalue weighted by Gasteiger charge is 2.70. The molecule has 3 N–H and O–H groups in total. The summed E-state index contributed by atoms with van der Waals surface area (Å²) < 4.78 is 11.4. The van der Waals surface area contributed by atoms with Crippen molar-refractivity contribution in [3.05, 3.63) is 83.0 Å². The van der Waals surface area contributed by atoms with Gasteiger partial charge in [-0.25, -0.2) is 4.90 Å². The first-order valence-electron chi connectivity index (χ1n) is 13.2. The van der Waals surface area contributed by atoms with Crippen LogP contribution in [0.2, 0.25) is 5.02 Å². The van der Waals surface area contributed by atoms with Crippen molar-refractivity contribution in [3.63, 3.8) is 0 Å². The second-order valence-electron chi connectivity index (χ2n) is 10.6. The van der Waals surface area contributed by atoms with Gasteiger partial charge in [0.05, 0.1) is 17.5 Å². The number of carbonyl (C=O) groups excluding carboxylic acids is 3. The van der Waals surface area contributed by atoms with Crippen LogP contribution in [-0.4, -0.2) is 42.0 Å². The minimum Gasteiger partial charge on any atom is -0.486 e. The zero-order chi connectivity index (χ0) is 27.2. The van der Waals surface area contributed by atoms with Crippen LogP contribution in [0, 0.1) is 11.8 Å². The van der Waals surface area contributed by atoms with Crippen LogP contribution in [0.1, 0.15) is 11.1 Å². The molecule has 0 radical (unpaired) electrons. The molecule has 4 aliphatic rings. The summed E-state index contributed by atoms with van der Waals surface area (Å²) in [5.74, 6) is -1.89. The number of hydrogen-bond acceptors (Lipinski definition) is 6. The highest BCUT2D eigenvalue weighted by Crippen LogP contribution is 2.54. The van der Waals surface area contributed by atoms with Gasteiger partial charge >= 0.3 is 0 Å². The van der Waals surface area contributed by atoms with Gasteiger partial charge in [-0.1, -0.05) is 29.8 Å². The second kappa shape index (κ2) is 8.33. The average molecular weight is 555 g/mol. The van der Waals surface area contributed by atoms with Crippen LogP contribution < -0.4 is 25.0 Å². The summed E-state index contributed by atoms with van der Waals surface area (Å²) in [6, 6.07) is 17.6. The fourth-order valence-electron chi connectivity index (χ4n) is 6.91. The lowest BCUT2D eigenvalue weighted by Gasteiger charge is -2.30. The number of amides is 3. The number of aromatic nitrogens is 1. The fourth-order valence-corrected chi connectivity index (χ4v) is 7.08. The number of nitrogens with zero attached hydrogens (tertiary/aromatic N) is 1. The number of halogens is 1. The van der Waals surface area contributed by atoms with Crippen LogP contribution in [0.5, 0.6) is 11.5 Å². The zero-order valence-corrected chi connectivity index (χ0v) is 21.8.